The summed E-state index contributed by atoms with van der Waals surface area (Å²) in [6.07, 6.45) is 0.881. The van der Waals surface area contributed by atoms with Gasteiger partial charge in [0.2, 0.25) is 0 Å². The molecule has 172 valence electrons. The number of carbonyl (C=O) groups is 3. The molecule has 2 aromatic rings. The topological polar surface area (TPSA) is 101 Å². The van der Waals surface area contributed by atoms with Gasteiger partial charge in [-0.2, -0.15) is 5.01 Å². The van der Waals surface area contributed by atoms with E-state index in [1.165, 1.54) is 42.5 Å². The van der Waals surface area contributed by atoms with Crippen LogP contribution in [0.1, 0.15) is 28.8 Å². The van der Waals surface area contributed by atoms with Gasteiger partial charge >= 0.3 is 0 Å². The van der Waals surface area contributed by atoms with Gasteiger partial charge in [0.25, 0.3) is 23.4 Å². The van der Waals surface area contributed by atoms with Gasteiger partial charge in [-0.25, -0.2) is 5.01 Å². The number of nitro groups is 1. The van der Waals surface area contributed by atoms with Crippen molar-refractivity contribution in [3.05, 3.63) is 74.8 Å². The number of fused-ring (bicyclic) bond motifs is 1. The summed E-state index contributed by atoms with van der Waals surface area (Å²) in [5.74, 6) is -2.72. The fourth-order valence-electron chi connectivity index (χ4n) is 4.27. The Balaban J connectivity index is 1.75. The maximum atomic E-state index is 13.5. The summed E-state index contributed by atoms with van der Waals surface area (Å²) in [7, 11) is 0. The van der Waals surface area contributed by atoms with E-state index in [1.807, 2.05) is 0 Å². The highest BCUT2D eigenvalue weighted by Crippen LogP contribution is 2.44. The maximum absolute atomic E-state index is 13.5. The van der Waals surface area contributed by atoms with Gasteiger partial charge < -0.3 is 0 Å². The van der Waals surface area contributed by atoms with Gasteiger partial charge in [0, 0.05) is 26.3 Å². The average Bonchev–Trinajstić information content (AvgIpc) is 3.02. The molecule has 1 saturated heterocycles. The second-order valence-electron chi connectivity index (χ2n) is 7.96. The van der Waals surface area contributed by atoms with Crippen molar-refractivity contribution in [3.63, 3.8) is 0 Å². The summed E-state index contributed by atoms with van der Waals surface area (Å²) in [5, 5.41) is 13.9. The van der Waals surface area contributed by atoms with Crippen LogP contribution in [0.4, 0.5) is 5.69 Å². The number of hydrogen-bond acceptors (Lipinski definition) is 5. The number of imide groups is 1. The predicted molar refractivity (Wildman–Crippen MR) is 128 cm³/mol. The Bertz CT molecular complexity index is 1100. The summed E-state index contributed by atoms with van der Waals surface area (Å²) in [4.78, 5) is 51.2. The van der Waals surface area contributed by atoms with Crippen molar-refractivity contribution in [1.29, 1.82) is 0 Å². The molecule has 11 heteroatoms. The monoisotopic (exact) mass is 597 g/mol. The highest BCUT2D eigenvalue weighted by molar-refractivity contribution is 9.12. The second-order valence-corrected chi connectivity index (χ2v) is 10.7. The first kappa shape index (κ1) is 23.8. The number of alkyl halides is 2. The van der Waals surface area contributed by atoms with Gasteiger partial charge in [-0.3, -0.25) is 24.5 Å². The maximum Gasteiger partial charge on any atom is 0.274 e. The van der Waals surface area contributed by atoms with E-state index in [9.17, 15) is 24.5 Å². The number of nitro benzene ring substituents is 1. The lowest BCUT2D eigenvalue weighted by atomic mass is 9.81. The van der Waals surface area contributed by atoms with Crippen LogP contribution in [0.25, 0.3) is 0 Å². The first-order valence-electron chi connectivity index (χ1n) is 10.1. The number of para-hydroxylation sites is 1. The fourth-order valence-corrected chi connectivity index (χ4v) is 5.64. The summed E-state index contributed by atoms with van der Waals surface area (Å²) < 4.78 is 0. The molecule has 2 fully saturated rings. The zero-order valence-electron chi connectivity index (χ0n) is 17.1. The Morgan fingerprint density at radius 1 is 1.03 bits per heavy atom. The number of nitrogens with zero attached hydrogens (tertiary/aromatic N) is 3. The SMILES string of the molecule is O=C(c1ccc(Cl)cc1)N(Cc1ccccc1[N+](=O)[O-])N1C(=O)[C@@H]2C[C@H](Br)[C@@H](Br)C[C@H]2C1=O. The third-order valence-electron chi connectivity index (χ3n) is 5.96. The third kappa shape index (κ3) is 4.56. The first-order valence-corrected chi connectivity index (χ1v) is 12.4. The van der Waals surface area contributed by atoms with Crippen LogP contribution in [0.3, 0.4) is 0 Å². The Morgan fingerprint density at radius 3 is 2.12 bits per heavy atom. The minimum atomic E-state index is -0.629. The smallest absolute Gasteiger partial charge is 0.272 e. The molecule has 8 nitrogen and oxygen atoms in total. The minimum Gasteiger partial charge on any atom is -0.272 e. The van der Waals surface area contributed by atoms with E-state index in [1.54, 1.807) is 6.07 Å². The van der Waals surface area contributed by atoms with Gasteiger partial charge in [-0.15, -0.1) is 0 Å². The molecule has 0 radical (unpaired) electrons. The van der Waals surface area contributed by atoms with Crippen LogP contribution >= 0.6 is 43.5 Å². The Hall–Kier alpha value is -2.30. The molecule has 1 heterocycles. The molecule has 2 aromatic carbocycles. The molecule has 0 N–H and O–H groups in total. The molecule has 4 atom stereocenters. The van der Waals surface area contributed by atoms with E-state index in [4.69, 9.17) is 11.6 Å². The van der Waals surface area contributed by atoms with Gasteiger partial charge in [0.05, 0.1) is 28.9 Å². The third-order valence-corrected chi connectivity index (χ3v) is 8.95. The van der Waals surface area contributed by atoms with E-state index in [0.717, 1.165) is 10.0 Å². The molecule has 33 heavy (non-hydrogen) atoms. The minimum absolute atomic E-state index is 0.00563. The largest absolute Gasteiger partial charge is 0.274 e. The van der Waals surface area contributed by atoms with Crippen molar-refractivity contribution in [2.45, 2.75) is 29.0 Å². The number of hydrazine groups is 1. The Kier molecular flexibility index (Phi) is 6.88. The van der Waals surface area contributed by atoms with Crippen molar-refractivity contribution in [1.82, 2.24) is 10.0 Å². The molecule has 4 rings (SSSR count). The van der Waals surface area contributed by atoms with Crippen molar-refractivity contribution < 1.29 is 19.3 Å². The number of carbonyl (C=O) groups excluding carboxylic acids is 3. The van der Waals surface area contributed by atoms with Crippen LogP contribution < -0.4 is 0 Å². The molecule has 3 amide bonds. The lowest BCUT2D eigenvalue weighted by molar-refractivity contribution is -0.385. The molecule has 1 saturated carbocycles. The van der Waals surface area contributed by atoms with E-state index in [-0.39, 0.29) is 33.0 Å². The number of amides is 3. The number of hydrogen-bond donors (Lipinski definition) is 0. The molecule has 1 aliphatic heterocycles. The molecular formula is C22H18Br2ClN3O5. The molecule has 1 aliphatic carbocycles. The molecular weight excluding hydrogens is 582 g/mol. The Labute approximate surface area is 211 Å². The number of benzene rings is 2. The molecule has 0 bridgehead atoms. The van der Waals surface area contributed by atoms with Crippen LogP contribution in [0.2, 0.25) is 5.02 Å². The Morgan fingerprint density at radius 2 is 1.58 bits per heavy atom. The fraction of sp³-hybridized carbons (Fsp3) is 0.318. The van der Waals surface area contributed by atoms with Crippen LogP contribution in [-0.4, -0.2) is 42.3 Å². The summed E-state index contributed by atoms with van der Waals surface area (Å²) in [5.41, 5.74) is 0.200. The number of halogens is 3. The summed E-state index contributed by atoms with van der Waals surface area (Å²) in [6, 6.07) is 12.0. The van der Waals surface area contributed by atoms with Crippen molar-refractivity contribution in [2.24, 2.45) is 11.8 Å². The zero-order chi connectivity index (χ0) is 23.9. The quantitative estimate of drug-likeness (QED) is 0.214. The van der Waals surface area contributed by atoms with E-state index >= 15 is 0 Å². The van der Waals surface area contributed by atoms with Gasteiger partial charge in [0.15, 0.2) is 0 Å². The van der Waals surface area contributed by atoms with Gasteiger partial charge in [0.1, 0.15) is 0 Å². The normalized spacial score (nSPS) is 24.5. The van der Waals surface area contributed by atoms with Gasteiger partial charge in [-0.05, 0) is 37.1 Å². The molecule has 0 spiro atoms. The zero-order valence-corrected chi connectivity index (χ0v) is 21.0. The van der Waals surface area contributed by atoms with Gasteiger partial charge in [-0.1, -0.05) is 61.7 Å². The van der Waals surface area contributed by atoms with Crippen LogP contribution in [0.15, 0.2) is 48.5 Å². The van der Waals surface area contributed by atoms with Crippen LogP contribution in [-0.2, 0) is 16.1 Å². The first-order chi connectivity index (χ1) is 15.7. The number of rotatable bonds is 5. The van der Waals surface area contributed by atoms with Crippen molar-refractivity contribution in [3.8, 4) is 0 Å². The highest BCUT2D eigenvalue weighted by Gasteiger charge is 2.54. The van der Waals surface area contributed by atoms with Crippen LogP contribution in [0.5, 0.6) is 0 Å². The second kappa shape index (κ2) is 9.52. The predicted octanol–water partition coefficient (Wildman–Crippen LogP) is 4.73. The summed E-state index contributed by atoms with van der Waals surface area (Å²) >= 11 is 13.0. The molecule has 0 aromatic heterocycles. The van der Waals surface area contributed by atoms with E-state index in [2.05, 4.69) is 31.9 Å². The lowest BCUT2D eigenvalue weighted by Gasteiger charge is -2.30. The van der Waals surface area contributed by atoms with Crippen LogP contribution in [0, 0.1) is 22.0 Å². The van der Waals surface area contributed by atoms with E-state index in [0.29, 0.717) is 17.9 Å². The van der Waals surface area contributed by atoms with E-state index < -0.39 is 34.5 Å². The summed E-state index contributed by atoms with van der Waals surface area (Å²) in [6.45, 7) is -0.314. The molecule has 0 unspecified atom stereocenters. The van der Waals surface area contributed by atoms with Crippen molar-refractivity contribution in [2.75, 3.05) is 0 Å². The average molecular weight is 600 g/mol. The van der Waals surface area contributed by atoms with Crippen molar-refractivity contribution >= 4 is 66.9 Å². The highest BCUT2D eigenvalue weighted by atomic mass is 79.9. The lowest BCUT2D eigenvalue weighted by Crippen LogP contribution is -2.49. The standard InChI is InChI=1S/C22H18Br2ClN3O5/c23-17-9-15-16(10-18(17)24)22(31)27(21(15)30)26(20(29)12-5-7-14(25)8-6-12)11-13-3-1-2-4-19(13)28(32)33/h1-8,15-18H,9-11H2/t15-,16-,17+,18+/m1/s1. The molecule has 2 aliphatic rings.